The van der Waals surface area contributed by atoms with Crippen LogP contribution in [0, 0.1) is 19.7 Å². The summed E-state index contributed by atoms with van der Waals surface area (Å²) in [6, 6.07) is 9.51. The fraction of sp³-hybridized carbons (Fsp3) is 0.167. The number of carbonyl (C=O) groups excluding carboxylic acids is 1. The lowest BCUT2D eigenvalue weighted by atomic mass is 10.2. The van der Waals surface area contributed by atoms with Gasteiger partial charge in [0, 0.05) is 6.54 Å². The van der Waals surface area contributed by atoms with E-state index < -0.39 is 0 Å². The summed E-state index contributed by atoms with van der Waals surface area (Å²) in [5.74, 6) is 0.511. The lowest BCUT2D eigenvalue weighted by Gasteiger charge is -2.10. The van der Waals surface area contributed by atoms with Gasteiger partial charge in [0.05, 0.1) is 11.4 Å². The third-order valence-electron chi connectivity index (χ3n) is 3.82. The summed E-state index contributed by atoms with van der Waals surface area (Å²) in [5.41, 5.74) is 8.11. The molecule has 0 saturated carbocycles. The minimum absolute atomic E-state index is 0.175. The average Bonchev–Trinajstić information content (AvgIpc) is 2.95. The maximum Gasteiger partial charge on any atom is 0.261 e. The van der Waals surface area contributed by atoms with Gasteiger partial charge < -0.3 is 20.9 Å². The largest absolute Gasteiger partial charge is 0.382 e. The minimum atomic E-state index is -0.359. The van der Waals surface area contributed by atoms with Gasteiger partial charge in [0.2, 0.25) is 0 Å². The Kier molecular flexibility index (Phi) is 4.83. The van der Waals surface area contributed by atoms with Crippen molar-refractivity contribution in [1.82, 2.24) is 10.1 Å². The molecule has 134 valence electrons. The van der Waals surface area contributed by atoms with Crippen molar-refractivity contribution in [3.8, 4) is 0 Å². The van der Waals surface area contributed by atoms with Crippen LogP contribution in [0.5, 0.6) is 0 Å². The van der Waals surface area contributed by atoms with Crippen LogP contribution in [-0.2, 0) is 6.54 Å². The van der Waals surface area contributed by atoms with Crippen molar-refractivity contribution in [3.63, 3.8) is 0 Å². The number of anilines is 3. The Hall–Kier alpha value is -3.42. The molecule has 0 aliphatic carbocycles. The molecule has 26 heavy (non-hydrogen) atoms. The fourth-order valence-corrected chi connectivity index (χ4v) is 2.47. The SMILES string of the molecule is Cc1noc(C)c1C(=O)Nc1ccc(NCc2ccc(F)cc2)nc1N. The van der Waals surface area contributed by atoms with Crippen LogP contribution < -0.4 is 16.4 Å². The summed E-state index contributed by atoms with van der Waals surface area (Å²) >= 11 is 0. The highest BCUT2D eigenvalue weighted by molar-refractivity contribution is 6.06. The highest BCUT2D eigenvalue weighted by Gasteiger charge is 2.18. The summed E-state index contributed by atoms with van der Waals surface area (Å²) in [5, 5.41) is 9.56. The predicted octanol–water partition coefficient (Wildman–Crippen LogP) is 3.27. The molecule has 0 radical (unpaired) electrons. The number of hydrogen-bond donors (Lipinski definition) is 3. The Morgan fingerprint density at radius 3 is 2.54 bits per heavy atom. The van der Waals surface area contributed by atoms with Gasteiger partial charge in [-0.1, -0.05) is 17.3 Å². The third kappa shape index (κ3) is 3.80. The van der Waals surface area contributed by atoms with Crippen LogP contribution in [0.3, 0.4) is 0 Å². The van der Waals surface area contributed by atoms with Crippen LogP contribution in [-0.4, -0.2) is 16.0 Å². The highest BCUT2D eigenvalue weighted by Crippen LogP contribution is 2.21. The van der Waals surface area contributed by atoms with Gasteiger partial charge in [-0.25, -0.2) is 9.37 Å². The Labute approximate surface area is 149 Å². The standard InChI is InChI=1S/C18H18FN5O2/c1-10-16(11(2)26-24-10)18(25)22-14-7-8-15(23-17(14)20)21-9-12-3-5-13(19)6-4-12/h3-8H,9H2,1-2H3,(H,22,25)(H3,20,21,23). The van der Waals surface area contributed by atoms with Crippen molar-refractivity contribution in [2.24, 2.45) is 0 Å². The Morgan fingerprint density at radius 1 is 1.19 bits per heavy atom. The van der Waals surface area contributed by atoms with Crippen molar-refractivity contribution in [1.29, 1.82) is 0 Å². The van der Waals surface area contributed by atoms with Gasteiger partial charge in [0.15, 0.2) is 0 Å². The van der Waals surface area contributed by atoms with Crippen molar-refractivity contribution in [2.75, 3.05) is 16.4 Å². The van der Waals surface area contributed by atoms with E-state index in [2.05, 4.69) is 20.8 Å². The van der Waals surface area contributed by atoms with E-state index in [0.29, 0.717) is 35.1 Å². The van der Waals surface area contributed by atoms with Crippen LogP contribution in [0.1, 0.15) is 27.4 Å². The number of carbonyl (C=O) groups is 1. The van der Waals surface area contributed by atoms with Crippen LogP contribution in [0.2, 0.25) is 0 Å². The number of nitrogen functional groups attached to an aromatic ring is 1. The molecule has 2 heterocycles. The molecular formula is C18H18FN5O2. The first-order valence-corrected chi connectivity index (χ1v) is 7.93. The van der Waals surface area contributed by atoms with E-state index in [-0.39, 0.29) is 17.5 Å². The van der Waals surface area contributed by atoms with E-state index in [9.17, 15) is 9.18 Å². The maximum atomic E-state index is 12.9. The van der Waals surface area contributed by atoms with Crippen LogP contribution >= 0.6 is 0 Å². The van der Waals surface area contributed by atoms with Crippen LogP contribution in [0.25, 0.3) is 0 Å². The molecule has 0 aliphatic rings. The van der Waals surface area contributed by atoms with Crippen LogP contribution in [0.4, 0.5) is 21.7 Å². The number of amides is 1. The summed E-state index contributed by atoms with van der Waals surface area (Å²) in [6.45, 7) is 3.83. The molecule has 0 fully saturated rings. The van der Waals surface area contributed by atoms with E-state index in [4.69, 9.17) is 10.3 Å². The Bertz CT molecular complexity index is 918. The van der Waals surface area contributed by atoms with Crippen molar-refractivity contribution in [3.05, 3.63) is 64.8 Å². The molecule has 1 amide bonds. The third-order valence-corrected chi connectivity index (χ3v) is 3.82. The van der Waals surface area contributed by atoms with Crippen molar-refractivity contribution < 1.29 is 13.7 Å². The first-order chi connectivity index (χ1) is 12.4. The Balaban J connectivity index is 1.67. The number of benzene rings is 1. The van der Waals surface area contributed by atoms with E-state index in [0.717, 1.165) is 5.56 Å². The topological polar surface area (TPSA) is 106 Å². The second-order valence-electron chi connectivity index (χ2n) is 5.76. The lowest BCUT2D eigenvalue weighted by Crippen LogP contribution is -2.15. The summed E-state index contributed by atoms with van der Waals surface area (Å²) < 4.78 is 17.9. The Morgan fingerprint density at radius 2 is 1.92 bits per heavy atom. The highest BCUT2D eigenvalue weighted by atomic mass is 19.1. The van der Waals surface area contributed by atoms with E-state index in [1.54, 1.807) is 38.1 Å². The number of aromatic nitrogens is 2. The summed E-state index contributed by atoms with van der Waals surface area (Å²) in [6.07, 6.45) is 0. The molecule has 0 spiro atoms. The first kappa shape index (κ1) is 17.4. The zero-order chi connectivity index (χ0) is 18.7. The molecule has 0 saturated heterocycles. The number of rotatable bonds is 5. The molecule has 3 aromatic rings. The molecule has 3 rings (SSSR count). The average molecular weight is 355 g/mol. The zero-order valence-corrected chi connectivity index (χ0v) is 14.3. The maximum absolute atomic E-state index is 12.9. The monoisotopic (exact) mass is 355 g/mol. The fourth-order valence-electron chi connectivity index (χ4n) is 2.47. The van der Waals surface area contributed by atoms with Gasteiger partial charge in [-0.3, -0.25) is 4.79 Å². The second kappa shape index (κ2) is 7.22. The number of halogens is 1. The second-order valence-corrected chi connectivity index (χ2v) is 5.76. The molecule has 7 nitrogen and oxygen atoms in total. The quantitative estimate of drug-likeness (QED) is 0.648. The van der Waals surface area contributed by atoms with E-state index in [1.165, 1.54) is 12.1 Å². The molecule has 0 atom stereocenters. The van der Waals surface area contributed by atoms with Crippen molar-refractivity contribution >= 4 is 23.2 Å². The number of hydrogen-bond acceptors (Lipinski definition) is 6. The minimum Gasteiger partial charge on any atom is -0.382 e. The number of nitrogens with one attached hydrogen (secondary N) is 2. The van der Waals surface area contributed by atoms with E-state index >= 15 is 0 Å². The molecule has 0 bridgehead atoms. The molecule has 8 heteroatoms. The number of pyridine rings is 1. The number of aryl methyl sites for hydroxylation is 2. The van der Waals surface area contributed by atoms with Crippen LogP contribution in [0.15, 0.2) is 40.9 Å². The molecular weight excluding hydrogens is 337 g/mol. The van der Waals surface area contributed by atoms with Crippen molar-refractivity contribution in [2.45, 2.75) is 20.4 Å². The van der Waals surface area contributed by atoms with Gasteiger partial charge in [-0.05, 0) is 43.7 Å². The normalized spacial score (nSPS) is 10.6. The lowest BCUT2D eigenvalue weighted by molar-refractivity contribution is 0.102. The van der Waals surface area contributed by atoms with Gasteiger partial charge in [0.1, 0.15) is 28.8 Å². The predicted molar refractivity (Wildman–Crippen MR) is 96.3 cm³/mol. The zero-order valence-electron chi connectivity index (χ0n) is 14.3. The number of nitrogens with zero attached hydrogens (tertiary/aromatic N) is 2. The van der Waals surface area contributed by atoms with Gasteiger partial charge >= 0.3 is 0 Å². The molecule has 4 N–H and O–H groups in total. The number of nitrogens with two attached hydrogens (primary N) is 1. The van der Waals surface area contributed by atoms with E-state index in [1.807, 2.05) is 0 Å². The summed E-state index contributed by atoms with van der Waals surface area (Å²) in [7, 11) is 0. The van der Waals surface area contributed by atoms with Gasteiger partial charge in [-0.2, -0.15) is 0 Å². The molecule has 0 aliphatic heterocycles. The molecule has 0 unspecified atom stereocenters. The van der Waals surface area contributed by atoms with Gasteiger partial charge in [0.25, 0.3) is 5.91 Å². The first-order valence-electron chi connectivity index (χ1n) is 7.93. The summed E-state index contributed by atoms with van der Waals surface area (Å²) in [4.78, 5) is 16.6. The molecule has 1 aromatic carbocycles. The smallest absolute Gasteiger partial charge is 0.261 e. The van der Waals surface area contributed by atoms with Gasteiger partial charge in [-0.15, -0.1) is 0 Å². The molecule has 2 aromatic heterocycles.